The Hall–Kier alpha value is -2.89. The minimum atomic E-state index is -0.419. The molecule has 3 N–H and O–H groups in total. The highest BCUT2D eigenvalue weighted by Crippen LogP contribution is 2.30. The first-order valence-corrected chi connectivity index (χ1v) is 6.10. The van der Waals surface area contributed by atoms with Gasteiger partial charge in [0, 0.05) is 17.3 Å². The number of carbonyl (C=O) groups is 1. The van der Waals surface area contributed by atoms with Crippen molar-refractivity contribution in [2.75, 3.05) is 19.5 Å². The molecule has 110 valence electrons. The predicted molar refractivity (Wildman–Crippen MR) is 77.3 cm³/mol. The highest BCUT2D eigenvalue weighted by molar-refractivity contribution is 6.04. The Morgan fingerprint density at radius 2 is 1.67 bits per heavy atom. The maximum Gasteiger partial charge on any atom is 0.255 e. The van der Waals surface area contributed by atoms with Crippen LogP contribution in [-0.2, 0) is 0 Å². The predicted octanol–water partition coefficient (Wildman–Crippen LogP) is 2.37. The molecule has 0 aliphatic rings. The number of anilines is 1. The standard InChI is InChI=1S/C15H15NO5/c1-20-13-6-4-10(8-14(13)21-2)16-15(19)9-3-5-11(17)12(18)7-9/h3-8,17-18H,1-2H3,(H,16,19). The molecule has 21 heavy (non-hydrogen) atoms. The van der Waals surface area contributed by atoms with Crippen LogP contribution in [-0.4, -0.2) is 30.3 Å². The number of phenolic OH excluding ortho intramolecular Hbond substituents is 2. The molecule has 0 atom stereocenters. The number of aromatic hydroxyl groups is 2. The lowest BCUT2D eigenvalue weighted by Gasteiger charge is -2.11. The van der Waals surface area contributed by atoms with Gasteiger partial charge in [-0.2, -0.15) is 0 Å². The van der Waals surface area contributed by atoms with Crippen LogP contribution in [0.1, 0.15) is 10.4 Å². The van der Waals surface area contributed by atoms with Gasteiger partial charge >= 0.3 is 0 Å². The van der Waals surface area contributed by atoms with Crippen molar-refractivity contribution in [3.05, 3.63) is 42.0 Å². The summed E-state index contributed by atoms with van der Waals surface area (Å²) in [4.78, 5) is 12.1. The molecule has 0 aliphatic carbocycles. The van der Waals surface area contributed by atoms with Crippen LogP contribution in [0.15, 0.2) is 36.4 Å². The maximum absolute atomic E-state index is 12.1. The minimum absolute atomic E-state index is 0.222. The van der Waals surface area contributed by atoms with Gasteiger partial charge in [0.2, 0.25) is 0 Å². The lowest BCUT2D eigenvalue weighted by molar-refractivity contribution is 0.102. The van der Waals surface area contributed by atoms with Crippen molar-refractivity contribution in [2.24, 2.45) is 0 Å². The van der Waals surface area contributed by atoms with Crippen molar-refractivity contribution in [1.29, 1.82) is 0 Å². The number of amides is 1. The first-order chi connectivity index (χ1) is 10.0. The zero-order valence-corrected chi connectivity index (χ0v) is 11.6. The number of methoxy groups -OCH3 is 2. The third kappa shape index (κ3) is 3.17. The van der Waals surface area contributed by atoms with Gasteiger partial charge in [-0.15, -0.1) is 0 Å². The maximum atomic E-state index is 12.1. The fourth-order valence-corrected chi connectivity index (χ4v) is 1.78. The van der Waals surface area contributed by atoms with E-state index in [-0.39, 0.29) is 17.1 Å². The van der Waals surface area contributed by atoms with Crippen LogP contribution in [0.4, 0.5) is 5.69 Å². The fraction of sp³-hybridized carbons (Fsp3) is 0.133. The molecule has 0 unspecified atom stereocenters. The third-order valence-electron chi connectivity index (χ3n) is 2.88. The molecule has 2 aromatic carbocycles. The van der Waals surface area contributed by atoms with Crippen LogP contribution >= 0.6 is 0 Å². The lowest BCUT2D eigenvalue weighted by Crippen LogP contribution is -2.11. The van der Waals surface area contributed by atoms with Crippen LogP contribution in [0.5, 0.6) is 23.0 Å². The number of ether oxygens (including phenoxy) is 2. The van der Waals surface area contributed by atoms with Crippen molar-refractivity contribution < 1.29 is 24.5 Å². The number of rotatable bonds is 4. The van der Waals surface area contributed by atoms with Crippen LogP contribution in [0.3, 0.4) is 0 Å². The molecule has 0 saturated carbocycles. The molecular formula is C15H15NO5. The molecule has 1 amide bonds. The molecule has 0 aliphatic heterocycles. The van der Waals surface area contributed by atoms with Crippen LogP contribution in [0, 0.1) is 0 Å². The van der Waals surface area contributed by atoms with Crippen molar-refractivity contribution >= 4 is 11.6 Å². The van der Waals surface area contributed by atoms with E-state index in [4.69, 9.17) is 9.47 Å². The SMILES string of the molecule is COc1ccc(NC(=O)c2ccc(O)c(O)c2)cc1OC. The zero-order chi connectivity index (χ0) is 15.4. The number of hydrogen-bond donors (Lipinski definition) is 3. The monoisotopic (exact) mass is 289 g/mol. The molecule has 6 nitrogen and oxygen atoms in total. The number of carbonyl (C=O) groups excluding carboxylic acids is 1. The number of nitrogens with one attached hydrogen (secondary N) is 1. The summed E-state index contributed by atoms with van der Waals surface area (Å²) in [5.74, 6) is -0.00761. The second kappa shape index (κ2) is 6.04. The van der Waals surface area contributed by atoms with E-state index in [0.717, 1.165) is 0 Å². The van der Waals surface area contributed by atoms with Gasteiger partial charge in [0.15, 0.2) is 23.0 Å². The molecule has 0 heterocycles. The van der Waals surface area contributed by atoms with Gasteiger partial charge in [-0.1, -0.05) is 0 Å². The average Bonchev–Trinajstić information content (AvgIpc) is 2.49. The minimum Gasteiger partial charge on any atom is -0.504 e. The molecule has 0 bridgehead atoms. The molecule has 0 radical (unpaired) electrons. The van der Waals surface area contributed by atoms with Gasteiger partial charge in [-0.05, 0) is 30.3 Å². The molecule has 0 aromatic heterocycles. The second-order valence-electron chi connectivity index (χ2n) is 4.23. The van der Waals surface area contributed by atoms with Crippen molar-refractivity contribution in [3.63, 3.8) is 0 Å². The van der Waals surface area contributed by atoms with Crippen molar-refractivity contribution in [1.82, 2.24) is 0 Å². The van der Waals surface area contributed by atoms with Gasteiger partial charge in [0.05, 0.1) is 14.2 Å². The molecule has 0 spiro atoms. The summed E-state index contributed by atoms with van der Waals surface area (Å²) in [6.07, 6.45) is 0. The quantitative estimate of drug-likeness (QED) is 0.752. The largest absolute Gasteiger partial charge is 0.504 e. The summed E-state index contributed by atoms with van der Waals surface area (Å²) in [6.45, 7) is 0. The topological polar surface area (TPSA) is 88.0 Å². The normalized spacial score (nSPS) is 10.0. The number of benzene rings is 2. The Labute approximate surface area is 121 Å². The van der Waals surface area contributed by atoms with E-state index in [9.17, 15) is 15.0 Å². The Balaban J connectivity index is 2.21. The fourth-order valence-electron chi connectivity index (χ4n) is 1.78. The highest BCUT2D eigenvalue weighted by atomic mass is 16.5. The van der Waals surface area contributed by atoms with E-state index < -0.39 is 5.91 Å². The summed E-state index contributed by atoms with van der Waals surface area (Å²) in [5.41, 5.74) is 0.741. The van der Waals surface area contributed by atoms with Crippen molar-refractivity contribution in [3.8, 4) is 23.0 Å². The summed E-state index contributed by atoms with van der Waals surface area (Å²) in [7, 11) is 3.02. The summed E-state index contributed by atoms with van der Waals surface area (Å²) >= 11 is 0. The summed E-state index contributed by atoms with van der Waals surface area (Å²) < 4.78 is 10.3. The van der Waals surface area contributed by atoms with Crippen LogP contribution in [0.2, 0.25) is 0 Å². The summed E-state index contributed by atoms with van der Waals surface area (Å²) in [6, 6.07) is 8.80. The molecule has 2 aromatic rings. The Bertz CT molecular complexity index is 669. The van der Waals surface area contributed by atoms with Gasteiger partial charge in [0.25, 0.3) is 5.91 Å². The average molecular weight is 289 g/mol. The number of phenols is 2. The zero-order valence-electron chi connectivity index (χ0n) is 11.6. The van der Waals surface area contributed by atoms with Crippen molar-refractivity contribution in [2.45, 2.75) is 0 Å². The summed E-state index contributed by atoms with van der Waals surface area (Å²) in [5, 5.41) is 21.3. The molecule has 0 fully saturated rings. The first-order valence-electron chi connectivity index (χ1n) is 6.10. The lowest BCUT2D eigenvalue weighted by atomic mass is 10.2. The van der Waals surface area contributed by atoms with E-state index in [1.54, 1.807) is 18.2 Å². The molecule has 2 rings (SSSR count). The van der Waals surface area contributed by atoms with Crippen LogP contribution < -0.4 is 14.8 Å². The van der Waals surface area contributed by atoms with Crippen LogP contribution in [0.25, 0.3) is 0 Å². The van der Waals surface area contributed by atoms with E-state index in [2.05, 4.69) is 5.32 Å². The van der Waals surface area contributed by atoms with Gasteiger partial charge < -0.3 is 25.0 Å². The Kier molecular flexibility index (Phi) is 4.18. The molecular weight excluding hydrogens is 274 g/mol. The van der Waals surface area contributed by atoms with E-state index in [0.29, 0.717) is 17.2 Å². The van der Waals surface area contributed by atoms with Gasteiger partial charge in [-0.25, -0.2) is 0 Å². The second-order valence-corrected chi connectivity index (χ2v) is 4.23. The van der Waals surface area contributed by atoms with Gasteiger partial charge in [-0.3, -0.25) is 4.79 Å². The van der Waals surface area contributed by atoms with E-state index >= 15 is 0 Å². The van der Waals surface area contributed by atoms with Gasteiger partial charge in [0.1, 0.15) is 0 Å². The Morgan fingerprint density at radius 3 is 2.29 bits per heavy atom. The highest BCUT2D eigenvalue weighted by Gasteiger charge is 2.11. The third-order valence-corrected chi connectivity index (χ3v) is 2.88. The smallest absolute Gasteiger partial charge is 0.255 e. The number of hydrogen-bond acceptors (Lipinski definition) is 5. The Morgan fingerprint density at radius 1 is 0.952 bits per heavy atom. The van der Waals surface area contributed by atoms with E-state index in [1.165, 1.54) is 32.4 Å². The molecule has 6 heteroatoms. The molecule has 0 saturated heterocycles. The first kappa shape index (κ1) is 14.5. The van der Waals surface area contributed by atoms with E-state index in [1.807, 2.05) is 0 Å².